The van der Waals surface area contributed by atoms with Crippen LogP contribution in [0.4, 0.5) is 0 Å². The first kappa shape index (κ1) is 23.6. The van der Waals surface area contributed by atoms with Gasteiger partial charge in [-0.3, -0.25) is 18.7 Å². The second-order valence-corrected chi connectivity index (χ2v) is 11.8. The average Bonchev–Trinajstić information content (AvgIpc) is 3.23. The summed E-state index contributed by atoms with van der Waals surface area (Å²) in [6.07, 6.45) is 1.22. The number of esters is 2. The topological polar surface area (TPSA) is 110 Å². The van der Waals surface area contributed by atoms with E-state index in [0.29, 0.717) is 28.6 Å². The number of aliphatic hydroxyl groups is 1. The lowest BCUT2D eigenvalue weighted by Crippen LogP contribution is -2.60. The molecule has 0 aromatic heterocycles. The van der Waals surface area contributed by atoms with Crippen LogP contribution in [-0.2, 0) is 34.7 Å². The standard InChI is InChI=1S/C19H27NO7S3/c1-4-11(5-2)17(23)26-9-27-18(24)14-19(28-12-6-7-30(25)8-12)29-16-13(10(3)21)15(22)20(14)16/h10-13,16,21H,4-9H2,1-3H3/t10-,12+,13+,16-,30+/m1/s1. The molecule has 0 aliphatic carbocycles. The first-order valence-corrected chi connectivity index (χ1v) is 13.3. The second kappa shape index (κ2) is 10.1. The number of carbonyl (C=O) groups is 3. The largest absolute Gasteiger partial charge is 0.428 e. The Labute approximate surface area is 186 Å². The predicted molar refractivity (Wildman–Crippen MR) is 115 cm³/mol. The van der Waals surface area contributed by atoms with E-state index in [0.717, 1.165) is 6.42 Å². The molecule has 0 bridgehead atoms. The molecule has 11 heteroatoms. The molecule has 2 saturated heterocycles. The first-order chi connectivity index (χ1) is 14.3. The number of hydrogen-bond acceptors (Lipinski definition) is 9. The molecule has 8 nitrogen and oxygen atoms in total. The predicted octanol–water partition coefficient (Wildman–Crippen LogP) is 1.80. The average molecular weight is 478 g/mol. The SMILES string of the molecule is CCC(CC)C(=O)OCOC(=O)C1=C(S[C@H]2CC[S@](=O)C2)S[C@@H]2[C@@H]([C@@H](C)O)C(=O)N12. The smallest absolute Gasteiger partial charge is 0.359 e. The molecule has 0 aromatic rings. The molecule has 3 rings (SSSR count). The van der Waals surface area contributed by atoms with Crippen molar-refractivity contribution in [3.05, 3.63) is 9.93 Å². The molecule has 3 aliphatic heterocycles. The number of hydrogen-bond donors (Lipinski definition) is 1. The summed E-state index contributed by atoms with van der Waals surface area (Å²) in [6.45, 7) is 4.81. The Morgan fingerprint density at radius 1 is 1.33 bits per heavy atom. The summed E-state index contributed by atoms with van der Waals surface area (Å²) in [5.74, 6) is -1.13. The molecule has 1 N–H and O–H groups in total. The first-order valence-electron chi connectivity index (χ1n) is 10.1. The molecule has 0 spiro atoms. The van der Waals surface area contributed by atoms with Crippen LogP contribution in [0.5, 0.6) is 0 Å². The van der Waals surface area contributed by atoms with Gasteiger partial charge in [0, 0.05) is 27.6 Å². The zero-order chi connectivity index (χ0) is 22.0. The van der Waals surface area contributed by atoms with Crippen LogP contribution in [0.25, 0.3) is 0 Å². The summed E-state index contributed by atoms with van der Waals surface area (Å²) in [7, 11) is -0.862. The van der Waals surface area contributed by atoms with Gasteiger partial charge in [-0.15, -0.1) is 11.8 Å². The van der Waals surface area contributed by atoms with E-state index in [4.69, 9.17) is 9.47 Å². The Morgan fingerprint density at radius 3 is 2.60 bits per heavy atom. The molecule has 0 aromatic carbocycles. The van der Waals surface area contributed by atoms with E-state index < -0.39 is 41.6 Å². The van der Waals surface area contributed by atoms with E-state index in [1.165, 1.54) is 28.4 Å². The number of thioether (sulfide) groups is 2. The summed E-state index contributed by atoms with van der Waals surface area (Å²) < 4.78 is 22.6. The molecule has 0 saturated carbocycles. The molecule has 0 unspecified atom stereocenters. The van der Waals surface area contributed by atoms with Crippen molar-refractivity contribution in [2.45, 2.75) is 56.8 Å². The molecule has 3 aliphatic rings. The van der Waals surface area contributed by atoms with Gasteiger partial charge in [-0.25, -0.2) is 4.79 Å². The Balaban J connectivity index is 1.69. The lowest BCUT2D eigenvalue weighted by atomic mass is 9.92. The maximum absolute atomic E-state index is 12.8. The molecule has 3 heterocycles. The van der Waals surface area contributed by atoms with Gasteiger partial charge < -0.3 is 14.6 Å². The van der Waals surface area contributed by atoms with E-state index in [1.54, 1.807) is 6.92 Å². The van der Waals surface area contributed by atoms with Crippen LogP contribution in [-0.4, -0.2) is 67.1 Å². The maximum Gasteiger partial charge on any atom is 0.359 e. The van der Waals surface area contributed by atoms with Crippen molar-refractivity contribution in [2.24, 2.45) is 11.8 Å². The third-order valence-electron chi connectivity index (χ3n) is 5.48. The Morgan fingerprint density at radius 2 is 2.03 bits per heavy atom. The van der Waals surface area contributed by atoms with Crippen molar-refractivity contribution < 1.29 is 33.2 Å². The minimum absolute atomic E-state index is 0.0997. The number of amides is 1. The van der Waals surface area contributed by atoms with Crippen LogP contribution in [0.3, 0.4) is 0 Å². The van der Waals surface area contributed by atoms with Gasteiger partial charge in [0.1, 0.15) is 5.37 Å². The Hall–Kier alpha value is -1.04. The van der Waals surface area contributed by atoms with Crippen LogP contribution >= 0.6 is 23.5 Å². The molecule has 30 heavy (non-hydrogen) atoms. The lowest BCUT2D eigenvalue weighted by Gasteiger charge is -2.43. The van der Waals surface area contributed by atoms with Crippen molar-refractivity contribution >= 4 is 52.2 Å². The van der Waals surface area contributed by atoms with Gasteiger partial charge in [0.25, 0.3) is 0 Å². The van der Waals surface area contributed by atoms with Gasteiger partial charge in [0.2, 0.25) is 12.7 Å². The van der Waals surface area contributed by atoms with E-state index in [9.17, 15) is 23.7 Å². The third kappa shape index (κ3) is 4.73. The van der Waals surface area contributed by atoms with Crippen LogP contribution in [0.1, 0.15) is 40.0 Å². The molecule has 0 radical (unpaired) electrons. The number of ether oxygens (including phenoxy) is 2. The van der Waals surface area contributed by atoms with Gasteiger partial charge in [0.05, 0.1) is 22.2 Å². The summed E-state index contributed by atoms with van der Waals surface area (Å²) in [6, 6.07) is 0. The second-order valence-electron chi connectivity index (χ2n) is 7.48. The van der Waals surface area contributed by atoms with Crippen molar-refractivity contribution in [1.82, 2.24) is 4.90 Å². The quantitative estimate of drug-likeness (QED) is 0.302. The van der Waals surface area contributed by atoms with Gasteiger partial charge in [0.15, 0.2) is 5.70 Å². The normalized spacial score (nSPS) is 29.1. The number of aliphatic hydroxyl groups excluding tert-OH is 1. The van der Waals surface area contributed by atoms with Gasteiger partial charge in [-0.05, 0) is 26.2 Å². The number of nitrogens with zero attached hydrogens (tertiary/aromatic N) is 1. The van der Waals surface area contributed by atoms with Crippen molar-refractivity contribution in [3.63, 3.8) is 0 Å². The van der Waals surface area contributed by atoms with Gasteiger partial charge in [-0.2, -0.15) is 0 Å². The molecular formula is C19H27NO7S3. The van der Waals surface area contributed by atoms with E-state index >= 15 is 0 Å². The zero-order valence-electron chi connectivity index (χ0n) is 17.2. The van der Waals surface area contributed by atoms with E-state index in [2.05, 4.69) is 0 Å². The van der Waals surface area contributed by atoms with Gasteiger partial charge >= 0.3 is 11.9 Å². The molecule has 168 valence electrons. The summed E-state index contributed by atoms with van der Waals surface area (Å²) >= 11 is 2.79. The summed E-state index contributed by atoms with van der Waals surface area (Å²) in [5, 5.41) is 9.66. The van der Waals surface area contributed by atoms with Crippen LogP contribution in [0, 0.1) is 11.8 Å². The van der Waals surface area contributed by atoms with Gasteiger partial charge in [-0.1, -0.05) is 25.6 Å². The maximum atomic E-state index is 12.8. The monoisotopic (exact) mass is 477 g/mol. The highest BCUT2D eigenvalue weighted by Crippen LogP contribution is 2.55. The zero-order valence-corrected chi connectivity index (χ0v) is 19.6. The molecular weight excluding hydrogens is 450 g/mol. The third-order valence-corrected chi connectivity index (χ3v) is 10.0. The van der Waals surface area contributed by atoms with Crippen molar-refractivity contribution in [2.75, 3.05) is 18.3 Å². The highest BCUT2D eigenvalue weighted by atomic mass is 32.2. The minimum Gasteiger partial charge on any atom is -0.428 e. The summed E-state index contributed by atoms with van der Waals surface area (Å²) in [4.78, 5) is 38.7. The highest BCUT2D eigenvalue weighted by Gasteiger charge is 2.58. The number of carbonyl (C=O) groups excluding carboxylic acids is 3. The highest BCUT2D eigenvalue weighted by molar-refractivity contribution is 8.23. The Kier molecular flexibility index (Phi) is 7.92. The number of rotatable bonds is 9. The van der Waals surface area contributed by atoms with Crippen molar-refractivity contribution in [3.8, 4) is 0 Å². The fraction of sp³-hybridized carbons (Fsp3) is 0.737. The Bertz CT molecular complexity index is 765. The van der Waals surface area contributed by atoms with Crippen molar-refractivity contribution in [1.29, 1.82) is 0 Å². The minimum atomic E-state index is -0.862. The molecule has 5 atom stereocenters. The number of fused-ring (bicyclic) bond motifs is 1. The van der Waals surface area contributed by atoms with Crippen LogP contribution in [0.15, 0.2) is 9.93 Å². The molecule has 2 fully saturated rings. The number of β-lactam (4-membered cyclic amide) rings is 1. The molecule has 1 amide bonds. The summed E-state index contributed by atoms with van der Waals surface area (Å²) in [5.41, 5.74) is 0.133. The van der Waals surface area contributed by atoms with E-state index in [-0.39, 0.29) is 28.1 Å². The fourth-order valence-corrected chi connectivity index (χ4v) is 8.90. The van der Waals surface area contributed by atoms with E-state index in [1.807, 2.05) is 13.8 Å². The lowest BCUT2D eigenvalue weighted by molar-refractivity contribution is -0.172. The van der Waals surface area contributed by atoms with Crippen LogP contribution in [0.2, 0.25) is 0 Å². The van der Waals surface area contributed by atoms with Crippen LogP contribution < -0.4 is 0 Å². The fourth-order valence-electron chi connectivity index (χ4n) is 3.65.